The lowest BCUT2D eigenvalue weighted by atomic mass is 10.3. The van der Waals surface area contributed by atoms with E-state index in [0.29, 0.717) is 19.1 Å². The molecule has 0 saturated carbocycles. The highest BCUT2D eigenvalue weighted by Crippen LogP contribution is 2.06. The molecule has 4 heteroatoms. The van der Waals surface area contributed by atoms with Crippen LogP contribution in [-0.4, -0.2) is 28.9 Å². The maximum atomic E-state index is 5.52. The molecule has 0 atom stereocenters. The number of hydrogen-bond donors (Lipinski definition) is 0. The van der Waals surface area contributed by atoms with Gasteiger partial charge in [-0.25, -0.2) is 0 Å². The molecule has 0 radical (unpaired) electrons. The van der Waals surface area contributed by atoms with Crippen LogP contribution in [0.25, 0.3) is 0 Å². The van der Waals surface area contributed by atoms with Crippen molar-refractivity contribution in [1.29, 1.82) is 0 Å². The third-order valence-electron chi connectivity index (χ3n) is 2.31. The van der Waals surface area contributed by atoms with Crippen molar-refractivity contribution < 1.29 is 4.74 Å². The molecule has 0 fully saturated rings. The molecule has 1 aromatic heterocycles. The number of aromatic nitrogens is 2. The molecule has 0 aliphatic rings. The Balaban J connectivity index is 2.47. The first-order chi connectivity index (χ1) is 7.31. The van der Waals surface area contributed by atoms with Gasteiger partial charge in [-0.05, 0) is 18.9 Å². The first-order valence-corrected chi connectivity index (χ1v) is 6.04. The highest BCUT2D eigenvalue weighted by Gasteiger charge is 2.04. The summed E-state index contributed by atoms with van der Waals surface area (Å²) in [6.07, 6.45) is 2.01. The minimum absolute atomic E-state index is 0.556. The molecule has 0 bridgehead atoms. The summed E-state index contributed by atoms with van der Waals surface area (Å²) in [4.78, 5) is 0. The Morgan fingerprint density at radius 1 is 1.33 bits per heavy atom. The fraction of sp³-hybridized carbons (Fsp3) is 0.727. The fourth-order valence-corrected chi connectivity index (χ4v) is 1.58. The van der Waals surface area contributed by atoms with E-state index in [4.69, 9.17) is 16.3 Å². The van der Waals surface area contributed by atoms with Crippen molar-refractivity contribution in [2.24, 2.45) is 0 Å². The summed E-state index contributed by atoms with van der Waals surface area (Å²) in [6.45, 7) is 6.39. The summed E-state index contributed by atoms with van der Waals surface area (Å²) in [5.41, 5.74) is 2.44. The molecule has 1 aromatic rings. The number of hydrogen-bond acceptors (Lipinski definition) is 2. The Labute approximate surface area is 96.4 Å². The molecule has 0 amide bonds. The first-order valence-electron chi connectivity index (χ1n) is 5.51. The minimum Gasteiger partial charge on any atom is -0.378 e. The number of alkyl halides is 1. The van der Waals surface area contributed by atoms with E-state index in [-0.39, 0.29) is 0 Å². The van der Waals surface area contributed by atoms with E-state index in [1.54, 1.807) is 0 Å². The maximum absolute atomic E-state index is 5.52. The summed E-state index contributed by atoms with van der Waals surface area (Å²) in [6, 6.07) is 2.17. The van der Waals surface area contributed by atoms with Crippen molar-refractivity contribution in [3.63, 3.8) is 0 Å². The summed E-state index contributed by atoms with van der Waals surface area (Å²) < 4.78 is 7.37. The van der Waals surface area contributed by atoms with E-state index in [1.165, 1.54) is 5.69 Å². The number of rotatable bonds is 7. The lowest BCUT2D eigenvalue weighted by molar-refractivity contribution is 0.137. The zero-order chi connectivity index (χ0) is 11.1. The van der Waals surface area contributed by atoms with E-state index in [0.717, 1.165) is 25.1 Å². The van der Waals surface area contributed by atoms with Crippen LogP contribution in [0.5, 0.6) is 0 Å². The predicted molar refractivity (Wildman–Crippen MR) is 62.5 cm³/mol. The first kappa shape index (κ1) is 12.5. The number of nitrogens with zero attached hydrogens (tertiary/aromatic N) is 2. The lowest BCUT2D eigenvalue weighted by Crippen LogP contribution is -2.11. The molecular formula is C11H19ClN2O. The Bertz CT molecular complexity index is 286. The second-order valence-corrected chi connectivity index (χ2v) is 3.74. The molecule has 0 N–H and O–H groups in total. The van der Waals surface area contributed by atoms with Gasteiger partial charge in [-0.15, -0.1) is 11.6 Å². The molecule has 0 spiro atoms. The number of halogens is 1. The van der Waals surface area contributed by atoms with Crippen LogP contribution >= 0.6 is 11.6 Å². The quantitative estimate of drug-likeness (QED) is 0.531. The average Bonchev–Trinajstić information content (AvgIpc) is 2.67. The van der Waals surface area contributed by atoms with Crippen LogP contribution in [0.4, 0.5) is 0 Å². The van der Waals surface area contributed by atoms with Gasteiger partial charge in [-0.1, -0.05) is 13.8 Å². The summed E-state index contributed by atoms with van der Waals surface area (Å²) in [7, 11) is 0. The van der Waals surface area contributed by atoms with Gasteiger partial charge in [0.2, 0.25) is 0 Å². The van der Waals surface area contributed by atoms with Gasteiger partial charge in [0.05, 0.1) is 25.5 Å². The summed E-state index contributed by atoms with van der Waals surface area (Å²) in [5, 5.41) is 4.50. The largest absolute Gasteiger partial charge is 0.378 e. The van der Waals surface area contributed by atoms with Gasteiger partial charge in [0, 0.05) is 11.6 Å². The van der Waals surface area contributed by atoms with Gasteiger partial charge in [-0.2, -0.15) is 5.10 Å². The van der Waals surface area contributed by atoms with Gasteiger partial charge < -0.3 is 4.74 Å². The highest BCUT2D eigenvalue weighted by atomic mass is 35.5. The number of aryl methyl sites for hydroxylation is 2. The normalized spacial score (nSPS) is 10.9. The van der Waals surface area contributed by atoms with E-state index in [9.17, 15) is 0 Å². The van der Waals surface area contributed by atoms with Crippen molar-refractivity contribution in [3.05, 3.63) is 17.5 Å². The lowest BCUT2D eigenvalue weighted by Gasteiger charge is -2.05. The summed E-state index contributed by atoms with van der Waals surface area (Å²) >= 11 is 5.52. The van der Waals surface area contributed by atoms with Crippen LogP contribution < -0.4 is 0 Å². The van der Waals surface area contributed by atoms with Crippen molar-refractivity contribution >= 4 is 11.6 Å². The standard InChI is InChI=1S/C11H19ClN2O/c1-3-10-9-11(4-2)14(13-10)6-8-15-7-5-12/h9H,3-8H2,1-2H3. The van der Waals surface area contributed by atoms with Crippen LogP contribution in [0.2, 0.25) is 0 Å². The van der Waals surface area contributed by atoms with Gasteiger partial charge in [0.25, 0.3) is 0 Å². The van der Waals surface area contributed by atoms with Gasteiger partial charge in [0.1, 0.15) is 0 Å². The van der Waals surface area contributed by atoms with E-state index in [1.807, 2.05) is 4.68 Å². The molecule has 0 aliphatic heterocycles. The molecule has 0 aliphatic carbocycles. The zero-order valence-corrected chi connectivity index (χ0v) is 10.3. The minimum atomic E-state index is 0.556. The van der Waals surface area contributed by atoms with Gasteiger partial charge in [-0.3, -0.25) is 4.68 Å². The molecule has 0 unspecified atom stereocenters. The predicted octanol–water partition coefficient (Wildman–Crippen LogP) is 2.26. The molecule has 86 valence electrons. The Hall–Kier alpha value is -0.540. The monoisotopic (exact) mass is 230 g/mol. The highest BCUT2D eigenvalue weighted by molar-refractivity contribution is 6.17. The molecule has 1 rings (SSSR count). The van der Waals surface area contributed by atoms with Crippen LogP contribution in [-0.2, 0) is 24.1 Å². The molecule has 1 heterocycles. The van der Waals surface area contributed by atoms with Crippen molar-refractivity contribution in [1.82, 2.24) is 9.78 Å². The molecule has 3 nitrogen and oxygen atoms in total. The molecule has 0 aromatic carbocycles. The molecule has 15 heavy (non-hydrogen) atoms. The Kier molecular flexibility index (Phi) is 5.73. The zero-order valence-electron chi connectivity index (χ0n) is 9.50. The van der Waals surface area contributed by atoms with Crippen molar-refractivity contribution in [2.45, 2.75) is 33.2 Å². The number of ether oxygens (including phenoxy) is 1. The topological polar surface area (TPSA) is 27.1 Å². The van der Waals surface area contributed by atoms with Crippen molar-refractivity contribution in [3.8, 4) is 0 Å². The van der Waals surface area contributed by atoms with Gasteiger partial charge >= 0.3 is 0 Å². The smallest absolute Gasteiger partial charge is 0.0663 e. The third-order valence-corrected chi connectivity index (χ3v) is 2.46. The van der Waals surface area contributed by atoms with Crippen LogP contribution in [0.3, 0.4) is 0 Å². The van der Waals surface area contributed by atoms with E-state index in [2.05, 4.69) is 25.0 Å². The second-order valence-electron chi connectivity index (χ2n) is 3.36. The Morgan fingerprint density at radius 3 is 2.73 bits per heavy atom. The van der Waals surface area contributed by atoms with E-state index < -0.39 is 0 Å². The average molecular weight is 231 g/mol. The fourth-order valence-electron chi connectivity index (χ4n) is 1.47. The Morgan fingerprint density at radius 2 is 2.13 bits per heavy atom. The molecule has 0 saturated heterocycles. The van der Waals surface area contributed by atoms with E-state index >= 15 is 0 Å². The van der Waals surface area contributed by atoms with Crippen molar-refractivity contribution in [2.75, 3.05) is 19.1 Å². The van der Waals surface area contributed by atoms with Crippen LogP contribution in [0.15, 0.2) is 6.07 Å². The second kappa shape index (κ2) is 6.85. The van der Waals surface area contributed by atoms with Gasteiger partial charge in [0.15, 0.2) is 0 Å². The third kappa shape index (κ3) is 3.84. The SMILES string of the molecule is CCc1cc(CC)n(CCOCCCl)n1. The maximum Gasteiger partial charge on any atom is 0.0663 e. The summed E-state index contributed by atoms with van der Waals surface area (Å²) in [5.74, 6) is 0.556. The van der Waals surface area contributed by atoms with Crippen LogP contribution in [0.1, 0.15) is 25.2 Å². The molecular weight excluding hydrogens is 212 g/mol. The van der Waals surface area contributed by atoms with Crippen LogP contribution in [0, 0.1) is 0 Å².